The Bertz CT molecular complexity index is 376. The topological polar surface area (TPSA) is 12.0 Å². The normalized spacial score (nSPS) is 24.6. The van der Waals surface area contributed by atoms with E-state index in [2.05, 4.69) is 19.2 Å². The van der Waals surface area contributed by atoms with Gasteiger partial charge in [-0.05, 0) is 24.1 Å². The van der Waals surface area contributed by atoms with Crippen LogP contribution in [-0.2, 0) is 5.41 Å². The summed E-state index contributed by atoms with van der Waals surface area (Å²) in [7, 11) is 0. The van der Waals surface area contributed by atoms with Crippen LogP contribution >= 0.6 is 23.2 Å². The Labute approximate surface area is 94.4 Å². The van der Waals surface area contributed by atoms with Crippen molar-refractivity contribution in [2.75, 3.05) is 11.9 Å². The molecule has 0 amide bonds. The summed E-state index contributed by atoms with van der Waals surface area (Å²) in [6, 6.07) is 3.81. The predicted molar refractivity (Wildman–Crippen MR) is 62.6 cm³/mol. The van der Waals surface area contributed by atoms with Crippen molar-refractivity contribution >= 4 is 28.9 Å². The van der Waals surface area contributed by atoms with Crippen LogP contribution < -0.4 is 5.32 Å². The molecule has 1 aromatic carbocycles. The third-order valence-electron chi connectivity index (χ3n) is 3.14. The molecule has 2 rings (SSSR count). The van der Waals surface area contributed by atoms with Crippen molar-refractivity contribution in [1.29, 1.82) is 0 Å². The molecule has 14 heavy (non-hydrogen) atoms. The fraction of sp³-hybridized carbons (Fsp3) is 0.455. The van der Waals surface area contributed by atoms with E-state index in [0.29, 0.717) is 0 Å². The summed E-state index contributed by atoms with van der Waals surface area (Å²) in [6.07, 6.45) is 1.09. The zero-order valence-corrected chi connectivity index (χ0v) is 9.84. The molecular formula is C11H13Cl2N. The quantitative estimate of drug-likeness (QED) is 0.766. The largest absolute Gasteiger partial charge is 0.383 e. The molecule has 0 fully saturated rings. The number of halogens is 2. The molecule has 0 saturated carbocycles. The van der Waals surface area contributed by atoms with Crippen LogP contribution in [-0.4, -0.2) is 6.54 Å². The maximum absolute atomic E-state index is 6.11. The standard InChI is InChI=1S/C11H13Cl2N/c1-3-11(2)6-14-10-8(11)4-7(12)5-9(10)13/h4-5,14H,3,6H2,1-2H3. The first-order chi connectivity index (χ1) is 6.57. The molecule has 1 N–H and O–H groups in total. The average molecular weight is 230 g/mol. The van der Waals surface area contributed by atoms with Crippen LogP contribution in [0.2, 0.25) is 10.0 Å². The van der Waals surface area contributed by atoms with Gasteiger partial charge in [0, 0.05) is 17.0 Å². The minimum absolute atomic E-state index is 0.171. The van der Waals surface area contributed by atoms with E-state index in [-0.39, 0.29) is 5.41 Å². The molecule has 0 saturated heterocycles. The van der Waals surface area contributed by atoms with E-state index in [9.17, 15) is 0 Å². The molecule has 1 atom stereocenters. The first kappa shape index (κ1) is 10.1. The molecule has 0 aromatic heterocycles. The molecule has 1 unspecified atom stereocenters. The number of nitrogens with one attached hydrogen (secondary N) is 1. The highest BCUT2D eigenvalue weighted by molar-refractivity contribution is 6.36. The first-order valence-corrected chi connectivity index (χ1v) is 5.56. The smallest absolute Gasteiger partial charge is 0.0655 e. The third kappa shape index (κ3) is 1.39. The number of benzene rings is 1. The van der Waals surface area contributed by atoms with Gasteiger partial charge in [-0.3, -0.25) is 0 Å². The molecule has 76 valence electrons. The molecule has 1 aliphatic heterocycles. The number of hydrogen-bond donors (Lipinski definition) is 1. The Morgan fingerprint density at radius 1 is 1.43 bits per heavy atom. The Balaban J connectivity index is 2.60. The van der Waals surface area contributed by atoms with E-state index < -0.39 is 0 Å². The fourth-order valence-electron chi connectivity index (χ4n) is 1.92. The van der Waals surface area contributed by atoms with Gasteiger partial charge in [0.15, 0.2) is 0 Å². The van der Waals surface area contributed by atoms with E-state index in [4.69, 9.17) is 23.2 Å². The maximum Gasteiger partial charge on any atom is 0.0655 e. The second-order valence-corrected chi connectivity index (χ2v) is 4.92. The van der Waals surface area contributed by atoms with Crippen LogP contribution in [0.1, 0.15) is 25.8 Å². The van der Waals surface area contributed by atoms with Crippen molar-refractivity contribution in [2.45, 2.75) is 25.7 Å². The summed E-state index contributed by atoms with van der Waals surface area (Å²) < 4.78 is 0. The second-order valence-electron chi connectivity index (χ2n) is 4.08. The van der Waals surface area contributed by atoms with Crippen LogP contribution in [0.3, 0.4) is 0 Å². The molecular weight excluding hydrogens is 217 g/mol. The van der Waals surface area contributed by atoms with Gasteiger partial charge in [0.2, 0.25) is 0 Å². The monoisotopic (exact) mass is 229 g/mol. The third-order valence-corrected chi connectivity index (χ3v) is 3.66. The molecule has 0 spiro atoms. The first-order valence-electron chi connectivity index (χ1n) is 4.80. The minimum atomic E-state index is 0.171. The summed E-state index contributed by atoms with van der Waals surface area (Å²) in [5.41, 5.74) is 2.47. The van der Waals surface area contributed by atoms with Crippen LogP contribution in [0, 0.1) is 0 Å². The Morgan fingerprint density at radius 3 is 2.79 bits per heavy atom. The van der Waals surface area contributed by atoms with Crippen LogP contribution in [0.5, 0.6) is 0 Å². The van der Waals surface area contributed by atoms with Crippen molar-refractivity contribution in [2.24, 2.45) is 0 Å². The van der Waals surface area contributed by atoms with Gasteiger partial charge in [0.05, 0.1) is 10.7 Å². The van der Waals surface area contributed by atoms with Gasteiger partial charge >= 0.3 is 0 Å². The van der Waals surface area contributed by atoms with Crippen molar-refractivity contribution in [3.63, 3.8) is 0 Å². The van der Waals surface area contributed by atoms with Crippen LogP contribution in [0.25, 0.3) is 0 Å². The van der Waals surface area contributed by atoms with Crippen molar-refractivity contribution < 1.29 is 0 Å². The number of hydrogen-bond acceptors (Lipinski definition) is 1. The molecule has 1 aliphatic rings. The van der Waals surface area contributed by atoms with Crippen LogP contribution in [0.4, 0.5) is 5.69 Å². The van der Waals surface area contributed by atoms with Crippen LogP contribution in [0.15, 0.2) is 12.1 Å². The zero-order valence-electron chi connectivity index (χ0n) is 8.32. The van der Waals surface area contributed by atoms with E-state index in [0.717, 1.165) is 28.7 Å². The lowest BCUT2D eigenvalue weighted by atomic mass is 9.82. The van der Waals surface area contributed by atoms with E-state index in [1.165, 1.54) is 5.56 Å². The van der Waals surface area contributed by atoms with Gasteiger partial charge in [-0.15, -0.1) is 0 Å². The predicted octanol–water partition coefficient (Wildman–Crippen LogP) is 4.09. The summed E-state index contributed by atoms with van der Waals surface area (Å²) in [4.78, 5) is 0. The maximum atomic E-state index is 6.11. The summed E-state index contributed by atoms with van der Waals surface area (Å²) in [6.45, 7) is 5.36. The Hall–Kier alpha value is -0.400. The van der Waals surface area contributed by atoms with Gasteiger partial charge in [0.1, 0.15) is 0 Å². The zero-order chi connectivity index (χ0) is 10.3. The Kier molecular flexibility index (Phi) is 2.40. The highest BCUT2D eigenvalue weighted by Gasteiger charge is 2.34. The van der Waals surface area contributed by atoms with Gasteiger partial charge in [-0.25, -0.2) is 0 Å². The lowest BCUT2D eigenvalue weighted by Crippen LogP contribution is -2.22. The average Bonchev–Trinajstić information content (AvgIpc) is 2.46. The Morgan fingerprint density at radius 2 is 2.14 bits per heavy atom. The molecule has 0 bridgehead atoms. The van der Waals surface area contributed by atoms with E-state index in [1.54, 1.807) is 6.07 Å². The highest BCUT2D eigenvalue weighted by Crippen LogP contribution is 2.44. The van der Waals surface area contributed by atoms with Gasteiger partial charge in [0.25, 0.3) is 0 Å². The lowest BCUT2D eigenvalue weighted by Gasteiger charge is -2.21. The number of fused-ring (bicyclic) bond motifs is 1. The van der Waals surface area contributed by atoms with E-state index >= 15 is 0 Å². The van der Waals surface area contributed by atoms with Crippen molar-refractivity contribution in [1.82, 2.24) is 0 Å². The number of rotatable bonds is 1. The van der Waals surface area contributed by atoms with Crippen molar-refractivity contribution in [3.8, 4) is 0 Å². The van der Waals surface area contributed by atoms with Gasteiger partial charge < -0.3 is 5.32 Å². The fourth-order valence-corrected chi connectivity index (χ4v) is 2.48. The molecule has 1 aromatic rings. The lowest BCUT2D eigenvalue weighted by molar-refractivity contribution is 0.504. The summed E-state index contributed by atoms with van der Waals surface area (Å²) >= 11 is 12.1. The van der Waals surface area contributed by atoms with Crippen molar-refractivity contribution in [3.05, 3.63) is 27.7 Å². The minimum Gasteiger partial charge on any atom is -0.383 e. The van der Waals surface area contributed by atoms with Gasteiger partial charge in [-0.1, -0.05) is 37.0 Å². The molecule has 0 radical (unpaired) electrons. The van der Waals surface area contributed by atoms with Gasteiger partial charge in [-0.2, -0.15) is 0 Å². The molecule has 0 aliphatic carbocycles. The van der Waals surface area contributed by atoms with E-state index in [1.807, 2.05) is 6.07 Å². The number of anilines is 1. The molecule has 3 heteroatoms. The SMILES string of the molecule is CCC1(C)CNc2c(Cl)cc(Cl)cc21. The highest BCUT2D eigenvalue weighted by atomic mass is 35.5. The summed E-state index contributed by atoms with van der Waals surface area (Å²) in [5, 5.41) is 4.79. The molecule has 1 heterocycles. The molecule has 1 nitrogen and oxygen atoms in total. The second kappa shape index (κ2) is 3.32. The summed E-state index contributed by atoms with van der Waals surface area (Å²) in [5.74, 6) is 0.